The van der Waals surface area contributed by atoms with Crippen molar-refractivity contribution in [1.82, 2.24) is 0 Å². The molecule has 0 atom stereocenters. The smallest absolute Gasteiger partial charge is 0.314 e. The number of carbonyl (C=O) groups is 2. The van der Waals surface area contributed by atoms with Crippen LogP contribution in [0.5, 0.6) is 5.75 Å². The molecule has 6 nitrogen and oxygen atoms in total. The van der Waals surface area contributed by atoms with Gasteiger partial charge in [-0.05, 0) is 30.3 Å². The summed E-state index contributed by atoms with van der Waals surface area (Å²) in [6, 6.07) is 12.0. The number of halogens is 1. The molecule has 0 unspecified atom stereocenters. The zero-order valence-electron chi connectivity index (χ0n) is 11.1. The number of hydrogen-bond donors (Lipinski definition) is 3. The monoisotopic (exact) mass is 315 g/mol. The first kappa shape index (κ1) is 15.4. The highest BCUT2D eigenvalue weighted by molar-refractivity contribution is 6.44. The number of phenolic OH excluding ortho intramolecular Hbond substituents is 1. The summed E-state index contributed by atoms with van der Waals surface area (Å²) in [6.45, 7) is 0. The van der Waals surface area contributed by atoms with Gasteiger partial charge in [0.25, 0.3) is 0 Å². The number of carbonyl (C=O) groups excluding carboxylic acids is 2. The van der Waals surface area contributed by atoms with Crippen molar-refractivity contribution in [1.29, 1.82) is 5.26 Å². The van der Waals surface area contributed by atoms with Crippen molar-refractivity contribution >= 4 is 34.8 Å². The third kappa shape index (κ3) is 3.75. The van der Waals surface area contributed by atoms with Gasteiger partial charge >= 0.3 is 11.8 Å². The lowest BCUT2D eigenvalue weighted by molar-refractivity contribution is -0.132. The normalized spacial score (nSPS) is 9.64. The largest absolute Gasteiger partial charge is 0.508 e. The lowest BCUT2D eigenvalue weighted by Crippen LogP contribution is -2.29. The summed E-state index contributed by atoms with van der Waals surface area (Å²) >= 11 is 5.91. The summed E-state index contributed by atoms with van der Waals surface area (Å²) in [5, 5.41) is 22.8. The first-order valence-corrected chi connectivity index (χ1v) is 6.48. The van der Waals surface area contributed by atoms with Crippen molar-refractivity contribution in [3.63, 3.8) is 0 Å². The Morgan fingerprint density at radius 1 is 1.09 bits per heavy atom. The fraction of sp³-hybridized carbons (Fsp3) is 0. The fourth-order valence-corrected chi connectivity index (χ4v) is 1.86. The van der Waals surface area contributed by atoms with Crippen LogP contribution < -0.4 is 10.6 Å². The Balaban J connectivity index is 2.06. The highest BCUT2D eigenvalue weighted by Gasteiger charge is 2.15. The van der Waals surface area contributed by atoms with Gasteiger partial charge in [0.15, 0.2) is 0 Å². The van der Waals surface area contributed by atoms with Gasteiger partial charge in [0.2, 0.25) is 0 Å². The average Bonchev–Trinajstić information content (AvgIpc) is 2.49. The lowest BCUT2D eigenvalue weighted by Gasteiger charge is -2.08. The molecule has 0 spiro atoms. The van der Waals surface area contributed by atoms with E-state index in [0.717, 1.165) is 0 Å². The molecule has 0 saturated carbocycles. The number of anilines is 2. The van der Waals surface area contributed by atoms with E-state index in [-0.39, 0.29) is 22.1 Å². The predicted octanol–water partition coefficient (Wildman–Crippen LogP) is 2.49. The van der Waals surface area contributed by atoms with E-state index in [1.807, 2.05) is 6.07 Å². The number of benzene rings is 2. The van der Waals surface area contributed by atoms with Crippen LogP contribution in [0.2, 0.25) is 5.02 Å². The van der Waals surface area contributed by atoms with Crippen LogP contribution in [0.3, 0.4) is 0 Å². The third-order valence-corrected chi connectivity index (χ3v) is 2.97. The molecule has 0 aliphatic rings. The molecule has 0 aliphatic heterocycles. The minimum Gasteiger partial charge on any atom is -0.508 e. The molecular formula is C15H10ClN3O3. The molecular weight excluding hydrogens is 306 g/mol. The van der Waals surface area contributed by atoms with Gasteiger partial charge in [-0.2, -0.15) is 5.26 Å². The van der Waals surface area contributed by atoms with E-state index < -0.39 is 11.8 Å². The van der Waals surface area contributed by atoms with Crippen LogP contribution in [0.15, 0.2) is 42.5 Å². The molecule has 22 heavy (non-hydrogen) atoms. The molecule has 0 heterocycles. The van der Waals surface area contributed by atoms with Crippen molar-refractivity contribution < 1.29 is 14.7 Å². The Bertz CT molecular complexity index is 784. The minimum absolute atomic E-state index is 0.0339. The van der Waals surface area contributed by atoms with Crippen molar-refractivity contribution in [3.05, 3.63) is 53.1 Å². The average molecular weight is 316 g/mol. The van der Waals surface area contributed by atoms with Gasteiger partial charge in [0, 0.05) is 11.8 Å². The summed E-state index contributed by atoms with van der Waals surface area (Å²) in [7, 11) is 0. The fourth-order valence-electron chi connectivity index (χ4n) is 1.64. The van der Waals surface area contributed by atoms with Gasteiger partial charge in [-0.1, -0.05) is 17.7 Å². The van der Waals surface area contributed by atoms with E-state index in [9.17, 15) is 14.7 Å². The van der Waals surface area contributed by atoms with Gasteiger partial charge in [-0.15, -0.1) is 0 Å². The van der Waals surface area contributed by atoms with E-state index in [2.05, 4.69) is 10.6 Å². The van der Waals surface area contributed by atoms with Gasteiger partial charge in [0.05, 0.1) is 22.3 Å². The molecule has 0 aliphatic carbocycles. The van der Waals surface area contributed by atoms with Crippen molar-refractivity contribution in [2.24, 2.45) is 0 Å². The van der Waals surface area contributed by atoms with Gasteiger partial charge in [-0.3, -0.25) is 9.59 Å². The number of nitriles is 1. The Morgan fingerprint density at radius 2 is 1.82 bits per heavy atom. The quantitative estimate of drug-likeness (QED) is 0.741. The third-order valence-electron chi connectivity index (χ3n) is 2.66. The van der Waals surface area contributed by atoms with E-state index >= 15 is 0 Å². The molecule has 2 amide bonds. The molecule has 0 fully saturated rings. The van der Waals surface area contributed by atoms with Crippen LogP contribution >= 0.6 is 11.6 Å². The second-order valence-electron chi connectivity index (χ2n) is 4.27. The molecule has 0 radical (unpaired) electrons. The highest BCUT2D eigenvalue weighted by atomic mass is 35.5. The van der Waals surface area contributed by atoms with Crippen LogP contribution in [0.4, 0.5) is 11.4 Å². The number of nitrogens with zero attached hydrogens (tertiary/aromatic N) is 1. The Hall–Kier alpha value is -3.04. The van der Waals surface area contributed by atoms with Crippen molar-refractivity contribution in [2.45, 2.75) is 0 Å². The summed E-state index contributed by atoms with van der Waals surface area (Å²) in [4.78, 5) is 23.6. The number of phenols is 1. The number of hydrogen-bond acceptors (Lipinski definition) is 4. The van der Waals surface area contributed by atoms with E-state index in [4.69, 9.17) is 16.9 Å². The van der Waals surface area contributed by atoms with Gasteiger partial charge in [0.1, 0.15) is 5.75 Å². The molecule has 7 heteroatoms. The summed E-state index contributed by atoms with van der Waals surface area (Å²) in [5.74, 6) is -1.87. The zero-order chi connectivity index (χ0) is 16.1. The van der Waals surface area contributed by atoms with Crippen LogP contribution in [0, 0.1) is 11.3 Å². The van der Waals surface area contributed by atoms with Crippen LogP contribution in [0.1, 0.15) is 5.56 Å². The molecule has 2 rings (SSSR count). The maximum absolute atomic E-state index is 11.8. The van der Waals surface area contributed by atoms with Crippen LogP contribution in [0.25, 0.3) is 0 Å². The molecule has 0 bridgehead atoms. The minimum atomic E-state index is -0.921. The van der Waals surface area contributed by atoms with E-state index in [1.165, 1.54) is 42.5 Å². The molecule has 2 aromatic carbocycles. The maximum atomic E-state index is 11.8. The number of aromatic hydroxyl groups is 1. The molecule has 3 N–H and O–H groups in total. The summed E-state index contributed by atoms with van der Waals surface area (Å²) in [6.07, 6.45) is 0. The van der Waals surface area contributed by atoms with Crippen LogP contribution in [-0.2, 0) is 9.59 Å². The summed E-state index contributed by atoms with van der Waals surface area (Å²) < 4.78 is 0. The summed E-state index contributed by atoms with van der Waals surface area (Å²) in [5.41, 5.74) is 0.843. The number of amides is 2. The van der Waals surface area contributed by atoms with Crippen LogP contribution in [-0.4, -0.2) is 16.9 Å². The maximum Gasteiger partial charge on any atom is 0.314 e. The topological polar surface area (TPSA) is 102 Å². The highest BCUT2D eigenvalue weighted by Crippen LogP contribution is 2.23. The zero-order valence-corrected chi connectivity index (χ0v) is 11.9. The van der Waals surface area contributed by atoms with Gasteiger partial charge < -0.3 is 15.7 Å². The van der Waals surface area contributed by atoms with Gasteiger partial charge in [-0.25, -0.2) is 0 Å². The Morgan fingerprint density at radius 3 is 2.45 bits per heavy atom. The molecule has 110 valence electrons. The molecule has 0 aromatic heterocycles. The van der Waals surface area contributed by atoms with Crippen molar-refractivity contribution in [2.75, 3.05) is 10.6 Å². The lowest BCUT2D eigenvalue weighted by atomic mass is 10.2. The SMILES string of the molecule is N#Cc1ccc(NC(=O)C(=O)Nc2cccc(O)c2)c(Cl)c1. The Kier molecular flexibility index (Phi) is 4.61. The first-order valence-electron chi connectivity index (χ1n) is 6.10. The Labute approximate surface area is 130 Å². The van der Waals surface area contributed by atoms with Crippen molar-refractivity contribution in [3.8, 4) is 11.8 Å². The second-order valence-corrected chi connectivity index (χ2v) is 4.67. The number of rotatable bonds is 2. The molecule has 0 saturated heterocycles. The predicted molar refractivity (Wildman–Crippen MR) is 81.5 cm³/mol. The first-order chi connectivity index (χ1) is 10.5. The number of nitrogens with one attached hydrogen (secondary N) is 2. The van der Waals surface area contributed by atoms with E-state index in [0.29, 0.717) is 5.56 Å². The second kappa shape index (κ2) is 6.61. The standard InChI is InChI=1S/C15H10ClN3O3/c16-12-6-9(8-17)4-5-13(12)19-15(22)14(21)18-10-2-1-3-11(20)7-10/h1-7,20H,(H,18,21)(H,19,22). The van der Waals surface area contributed by atoms with E-state index in [1.54, 1.807) is 0 Å². The molecule has 2 aromatic rings.